The maximum atomic E-state index is 5.67. The third-order valence-electron chi connectivity index (χ3n) is 3.45. The SMILES string of the molecule is Cc1cccc(N(CCCN)Cc2cc(C)nn2C)c1. The van der Waals surface area contributed by atoms with Crippen molar-refractivity contribution in [3.05, 3.63) is 47.3 Å². The predicted molar refractivity (Wildman–Crippen MR) is 83.8 cm³/mol. The van der Waals surface area contributed by atoms with Crippen molar-refractivity contribution in [3.63, 3.8) is 0 Å². The Kier molecular flexibility index (Phi) is 4.79. The monoisotopic (exact) mass is 272 g/mol. The second-order valence-electron chi connectivity index (χ2n) is 5.30. The molecule has 2 aromatic rings. The molecule has 0 aliphatic rings. The zero-order valence-electron chi connectivity index (χ0n) is 12.6. The van der Waals surface area contributed by atoms with Gasteiger partial charge < -0.3 is 10.6 Å². The molecule has 0 fully saturated rings. The van der Waals surface area contributed by atoms with Crippen LogP contribution in [0.3, 0.4) is 0 Å². The Morgan fingerprint density at radius 1 is 1.25 bits per heavy atom. The number of anilines is 1. The lowest BCUT2D eigenvalue weighted by Gasteiger charge is -2.25. The van der Waals surface area contributed by atoms with Crippen molar-refractivity contribution in [2.24, 2.45) is 12.8 Å². The molecule has 0 radical (unpaired) electrons. The van der Waals surface area contributed by atoms with Crippen molar-refractivity contribution in [3.8, 4) is 0 Å². The van der Waals surface area contributed by atoms with Crippen LogP contribution in [0.4, 0.5) is 5.69 Å². The summed E-state index contributed by atoms with van der Waals surface area (Å²) in [6, 6.07) is 10.8. The molecule has 0 saturated heterocycles. The highest BCUT2D eigenvalue weighted by molar-refractivity contribution is 5.48. The standard InChI is InChI=1S/C16H24N4/c1-13-6-4-7-15(10-13)20(9-5-8-17)12-16-11-14(2)18-19(16)3/h4,6-7,10-11H,5,8-9,12,17H2,1-3H3. The van der Waals surface area contributed by atoms with Gasteiger partial charge in [-0.1, -0.05) is 12.1 Å². The molecule has 20 heavy (non-hydrogen) atoms. The fourth-order valence-corrected chi connectivity index (χ4v) is 2.41. The van der Waals surface area contributed by atoms with Gasteiger partial charge in [-0.15, -0.1) is 0 Å². The zero-order valence-corrected chi connectivity index (χ0v) is 12.6. The van der Waals surface area contributed by atoms with E-state index in [4.69, 9.17) is 5.73 Å². The van der Waals surface area contributed by atoms with Crippen molar-refractivity contribution in [2.75, 3.05) is 18.0 Å². The van der Waals surface area contributed by atoms with Crippen LogP contribution in [0.5, 0.6) is 0 Å². The van der Waals surface area contributed by atoms with Crippen LogP contribution >= 0.6 is 0 Å². The maximum absolute atomic E-state index is 5.67. The minimum absolute atomic E-state index is 0.715. The van der Waals surface area contributed by atoms with Crippen LogP contribution in [-0.4, -0.2) is 22.9 Å². The summed E-state index contributed by atoms with van der Waals surface area (Å²) in [7, 11) is 2.00. The number of nitrogens with two attached hydrogens (primary N) is 1. The maximum Gasteiger partial charge on any atom is 0.0598 e. The molecule has 2 N–H and O–H groups in total. The molecule has 0 unspecified atom stereocenters. The van der Waals surface area contributed by atoms with Gasteiger partial charge in [0.2, 0.25) is 0 Å². The summed E-state index contributed by atoms with van der Waals surface area (Å²) in [5.74, 6) is 0. The predicted octanol–water partition coefficient (Wildman–Crippen LogP) is 2.39. The summed E-state index contributed by atoms with van der Waals surface area (Å²) in [5, 5.41) is 4.42. The molecule has 4 heteroatoms. The largest absolute Gasteiger partial charge is 0.366 e. The highest BCUT2D eigenvalue weighted by Gasteiger charge is 2.10. The van der Waals surface area contributed by atoms with E-state index in [1.165, 1.54) is 16.9 Å². The number of benzene rings is 1. The van der Waals surface area contributed by atoms with E-state index in [1.807, 2.05) is 18.7 Å². The summed E-state index contributed by atoms with van der Waals surface area (Å²) >= 11 is 0. The van der Waals surface area contributed by atoms with Crippen LogP contribution < -0.4 is 10.6 Å². The second kappa shape index (κ2) is 6.57. The van der Waals surface area contributed by atoms with E-state index in [0.29, 0.717) is 6.54 Å². The first-order valence-electron chi connectivity index (χ1n) is 7.11. The molecule has 1 heterocycles. The topological polar surface area (TPSA) is 47.1 Å². The van der Waals surface area contributed by atoms with E-state index in [-0.39, 0.29) is 0 Å². The summed E-state index contributed by atoms with van der Waals surface area (Å²) < 4.78 is 1.96. The van der Waals surface area contributed by atoms with Gasteiger partial charge in [-0.2, -0.15) is 5.10 Å². The Balaban J connectivity index is 2.21. The minimum Gasteiger partial charge on any atom is -0.366 e. The second-order valence-corrected chi connectivity index (χ2v) is 5.30. The van der Waals surface area contributed by atoms with Gasteiger partial charge >= 0.3 is 0 Å². The molecule has 0 bridgehead atoms. The van der Waals surface area contributed by atoms with Gasteiger partial charge in [-0.25, -0.2) is 0 Å². The number of nitrogens with zero attached hydrogens (tertiary/aromatic N) is 3. The molecule has 0 spiro atoms. The molecule has 0 aliphatic heterocycles. The van der Waals surface area contributed by atoms with E-state index in [9.17, 15) is 0 Å². The van der Waals surface area contributed by atoms with Gasteiger partial charge in [-0.3, -0.25) is 4.68 Å². The lowest BCUT2D eigenvalue weighted by atomic mass is 10.2. The molecular weight excluding hydrogens is 248 g/mol. The van der Waals surface area contributed by atoms with Gasteiger partial charge in [0.15, 0.2) is 0 Å². The van der Waals surface area contributed by atoms with Crippen molar-refractivity contribution in [1.82, 2.24) is 9.78 Å². The fraction of sp³-hybridized carbons (Fsp3) is 0.438. The number of rotatable bonds is 6. The van der Waals surface area contributed by atoms with Gasteiger partial charge in [0.1, 0.15) is 0 Å². The molecule has 0 atom stereocenters. The molecule has 1 aromatic carbocycles. The fourth-order valence-electron chi connectivity index (χ4n) is 2.41. The molecule has 0 aliphatic carbocycles. The third-order valence-corrected chi connectivity index (χ3v) is 3.45. The average Bonchev–Trinajstić information content (AvgIpc) is 2.72. The Morgan fingerprint density at radius 3 is 2.65 bits per heavy atom. The molecule has 108 valence electrons. The van der Waals surface area contributed by atoms with Crippen LogP contribution in [0, 0.1) is 13.8 Å². The average molecular weight is 272 g/mol. The van der Waals surface area contributed by atoms with Crippen molar-refractivity contribution >= 4 is 5.69 Å². The van der Waals surface area contributed by atoms with Crippen LogP contribution in [0.25, 0.3) is 0 Å². The van der Waals surface area contributed by atoms with E-state index < -0.39 is 0 Å². The smallest absolute Gasteiger partial charge is 0.0598 e. The Bertz CT molecular complexity index is 559. The van der Waals surface area contributed by atoms with Crippen LogP contribution in [0.15, 0.2) is 30.3 Å². The summed E-state index contributed by atoms with van der Waals surface area (Å²) in [6.07, 6.45) is 0.991. The van der Waals surface area contributed by atoms with E-state index >= 15 is 0 Å². The lowest BCUT2D eigenvalue weighted by molar-refractivity contribution is 0.663. The Hall–Kier alpha value is -1.81. The normalized spacial score (nSPS) is 10.8. The first-order valence-corrected chi connectivity index (χ1v) is 7.11. The Morgan fingerprint density at radius 2 is 2.05 bits per heavy atom. The first-order chi connectivity index (χ1) is 9.60. The molecule has 1 aromatic heterocycles. The highest BCUT2D eigenvalue weighted by atomic mass is 15.3. The van der Waals surface area contributed by atoms with Crippen molar-refractivity contribution in [1.29, 1.82) is 0 Å². The number of hydrogen-bond donors (Lipinski definition) is 1. The summed E-state index contributed by atoms with van der Waals surface area (Å²) in [5.41, 5.74) is 10.5. The molecule has 0 saturated carbocycles. The van der Waals surface area contributed by atoms with Gasteiger partial charge in [0.25, 0.3) is 0 Å². The lowest BCUT2D eigenvalue weighted by Crippen LogP contribution is -2.26. The number of aryl methyl sites for hydroxylation is 3. The molecular formula is C16H24N4. The molecule has 0 amide bonds. The summed E-state index contributed by atoms with van der Waals surface area (Å²) in [4.78, 5) is 2.37. The third kappa shape index (κ3) is 3.61. The van der Waals surface area contributed by atoms with Crippen molar-refractivity contribution < 1.29 is 0 Å². The van der Waals surface area contributed by atoms with Gasteiger partial charge in [0.05, 0.1) is 17.9 Å². The molecule has 4 nitrogen and oxygen atoms in total. The van der Waals surface area contributed by atoms with Crippen LogP contribution in [-0.2, 0) is 13.6 Å². The summed E-state index contributed by atoms with van der Waals surface area (Å²) in [6.45, 7) is 6.69. The first kappa shape index (κ1) is 14.6. The Labute approximate surface area is 121 Å². The minimum atomic E-state index is 0.715. The van der Waals surface area contributed by atoms with E-state index in [1.54, 1.807) is 0 Å². The van der Waals surface area contributed by atoms with E-state index in [2.05, 4.69) is 47.3 Å². The van der Waals surface area contributed by atoms with Crippen LogP contribution in [0.1, 0.15) is 23.4 Å². The number of hydrogen-bond acceptors (Lipinski definition) is 3. The van der Waals surface area contributed by atoms with Gasteiger partial charge in [-0.05, 0) is 50.6 Å². The number of aromatic nitrogens is 2. The van der Waals surface area contributed by atoms with Crippen LogP contribution in [0.2, 0.25) is 0 Å². The van der Waals surface area contributed by atoms with Gasteiger partial charge in [0, 0.05) is 19.3 Å². The van der Waals surface area contributed by atoms with Crippen molar-refractivity contribution in [2.45, 2.75) is 26.8 Å². The quantitative estimate of drug-likeness (QED) is 0.878. The van der Waals surface area contributed by atoms with E-state index in [0.717, 1.165) is 25.2 Å². The zero-order chi connectivity index (χ0) is 14.5. The highest BCUT2D eigenvalue weighted by Crippen LogP contribution is 2.19. The molecule has 2 rings (SSSR count).